The maximum Gasteiger partial charge on any atom is 0.340 e. The highest BCUT2D eigenvalue weighted by molar-refractivity contribution is 5.92. The van der Waals surface area contributed by atoms with Crippen LogP contribution < -0.4 is 11.2 Å². The lowest BCUT2D eigenvalue weighted by molar-refractivity contribution is 0.0549. The van der Waals surface area contributed by atoms with Crippen molar-refractivity contribution in [2.24, 2.45) is 7.05 Å². The van der Waals surface area contributed by atoms with Gasteiger partial charge in [-0.15, -0.1) is 0 Å². The van der Waals surface area contributed by atoms with Gasteiger partial charge in [-0.05, 0) is 13.0 Å². The van der Waals surface area contributed by atoms with Crippen LogP contribution in [0.5, 0.6) is 0 Å². The third kappa shape index (κ3) is 2.51. The van der Waals surface area contributed by atoms with Gasteiger partial charge < -0.3 is 4.74 Å². The first kappa shape index (κ1) is 13.7. The van der Waals surface area contributed by atoms with Crippen LogP contribution in [0.25, 0.3) is 11.0 Å². The first-order valence-corrected chi connectivity index (χ1v) is 5.92. The van der Waals surface area contributed by atoms with E-state index in [1.54, 1.807) is 12.2 Å². The Balaban J connectivity index is 2.47. The fraction of sp³-hybridized carbons (Fsp3) is 0.231. The van der Waals surface area contributed by atoms with E-state index in [0.717, 1.165) is 0 Å². The summed E-state index contributed by atoms with van der Waals surface area (Å²) in [5.41, 5.74) is -0.771. The Morgan fingerprint density at radius 2 is 2.25 bits per heavy atom. The Kier molecular flexibility index (Phi) is 3.79. The van der Waals surface area contributed by atoms with E-state index in [0.29, 0.717) is 0 Å². The quantitative estimate of drug-likeness (QED) is 0.644. The summed E-state index contributed by atoms with van der Waals surface area (Å²) in [4.78, 5) is 41.0. The zero-order valence-corrected chi connectivity index (χ0v) is 11.0. The highest BCUT2D eigenvalue weighted by Gasteiger charge is 2.12. The number of fused-ring (bicyclic) bond motifs is 1. The fourth-order valence-corrected chi connectivity index (χ4v) is 1.65. The summed E-state index contributed by atoms with van der Waals surface area (Å²) in [5, 5.41) is 0.160. The molecule has 0 unspecified atom stereocenters. The van der Waals surface area contributed by atoms with Gasteiger partial charge in [-0.3, -0.25) is 14.3 Å². The largest absolute Gasteiger partial charge is 0.458 e. The van der Waals surface area contributed by atoms with Crippen molar-refractivity contribution in [1.29, 1.82) is 0 Å². The number of aryl methyl sites for hydroxylation is 1. The molecule has 7 nitrogen and oxygen atoms in total. The zero-order valence-electron chi connectivity index (χ0n) is 11.0. The van der Waals surface area contributed by atoms with Gasteiger partial charge in [0, 0.05) is 13.2 Å². The highest BCUT2D eigenvalue weighted by Crippen LogP contribution is 2.08. The molecule has 0 atom stereocenters. The van der Waals surface area contributed by atoms with E-state index in [9.17, 15) is 14.4 Å². The smallest absolute Gasteiger partial charge is 0.340 e. The Morgan fingerprint density at radius 1 is 1.50 bits per heavy atom. The maximum absolute atomic E-state index is 11.7. The minimum absolute atomic E-state index is 0.150. The van der Waals surface area contributed by atoms with Gasteiger partial charge in [0.25, 0.3) is 5.56 Å². The molecular weight excluding hydrogens is 262 g/mol. The summed E-state index contributed by atoms with van der Waals surface area (Å²) in [6.07, 6.45) is 4.72. The second kappa shape index (κ2) is 5.52. The summed E-state index contributed by atoms with van der Waals surface area (Å²) in [5.74, 6) is -0.578. The standard InChI is InChI=1S/C13H13N3O4/c1-3-4-5-20-12(18)8-6-9-10(14-7-8)16(2)13(19)15-11(9)17/h3-4,6-7H,5H2,1-2H3,(H,15,17,19). The molecule has 20 heavy (non-hydrogen) atoms. The average molecular weight is 275 g/mol. The zero-order chi connectivity index (χ0) is 14.7. The molecular formula is C13H13N3O4. The van der Waals surface area contributed by atoms with Crippen LogP contribution in [0.4, 0.5) is 0 Å². The molecule has 0 aromatic carbocycles. The number of aromatic amines is 1. The van der Waals surface area contributed by atoms with Crippen LogP contribution >= 0.6 is 0 Å². The third-order valence-corrected chi connectivity index (χ3v) is 2.74. The van der Waals surface area contributed by atoms with E-state index in [1.165, 1.54) is 23.9 Å². The molecule has 0 aliphatic carbocycles. The van der Waals surface area contributed by atoms with Crippen molar-refractivity contribution < 1.29 is 9.53 Å². The fourth-order valence-electron chi connectivity index (χ4n) is 1.65. The molecule has 1 N–H and O–H groups in total. The number of hydrogen-bond acceptors (Lipinski definition) is 5. The van der Waals surface area contributed by atoms with Crippen molar-refractivity contribution in [1.82, 2.24) is 14.5 Å². The van der Waals surface area contributed by atoms with Crippen molar-refractivity contribution in [2.75, 3.05) is 6.61 Å². The second-order valence-corrected chi connectivity index (χ2v) is 4.08. The lowest BCUT2D eigenvalue weighted by atomic mass is 10.2. The normalized spacial score (nSPS) is 11.1. The van der Waals surface area contributed by atoms with E-state index in [1.807, 2.05) is 6.92 Å². The molecule has 0 spiro atoms. The molecule has 0 aliphatic heterocycles. The van der Waals surface area contributed by atoms with Gasteiger partial charge in [-0.1, -0.05) is 12.2 Å². The predicted octanol–water partition coefficient (Wildman–Crippen LogP) is 0.355. The SMILES string of the molecule is CC=CCOC(=O)c1cnc2c(c1)c(=O)[nH]c(=O)n2C. The van der Waals surface area contributed by atoms with Gasteiger partial charge in [0.15, 0.2) is 0 Å². The average Bonchev–Trinajstić information content (AvgIpc) is 2.44. The number of pyridine rings is 1. The number of esters is 1. The molecule has 2 aromatic rings. The molecule has 0 saturated heterocycles. The molecule has 2 aromatic heterocycles. The Morgan fingerprint density at radius 3 is 2.95 bits per heavy atom. The Labute approximate surface area is 113 Å². The van der Waals surface area contributed by atoms with Gasteiger partial charge in [-0.2, -0.15) is 0 Å². The first-order chi connectivity index (χ1) is 9.54. The summed E-state index contributed by atoms with van der Waals surface area (Å²) in [6.45, 7) is 1.96. The topological polar surface area (TPSA) is 94.1 Å². The van der Waals surface area contributed by atoms with E-state index >= 15 is 0 Å². The number of nitrogens with one attached hydrogen (secondary N) is 1. The Hall–Kier alpha value is -2.70. The number of allylic oxidation sites excluding steroid dienone is 1. The molecule has 0 radical (unpaired) electrons. The van der Waals surface area contributed by atoms with Crippen molar-refractivity contribution in [3.63, 3.8) is 0 Å². The summed E-state index contributed by atoms with van der Waals surface area (Å²) < 4.78 is 6.16. The van der Waals surface area contributed by atoms with E-state index < -0.39 is 17.2 Å². The van der Waals surface area contributed by atoms with Crippen molar-refractivity contribution in [3.05, 3.63) is 50.8 Å². The third-order valence-electron chi connectivity index (χ3n) is 2.74. The molecule has 2 rings (SSSR count). The number of hydrogen-bond donors (Lipinski definition) is 1. The molecule has 7 heteroatoms. The number of H-pyrrole nitrogens is 1. The van der Waals surface area contributed by atoms with Crippen molar-refractivity contribution in [3.8, 4) is 0 Å². The minimum Gasteiger partial charge on any atom is -0.458 e. The number of aromatic nitrogens is 3. The molecule has 0 amide bonds. The highest BCUT2D eigenvalue weighted by atomic mass is 16.5. The molecule has 2 heterocycles. The van der Waals surface area contributed by atoms with Gasteiger partial charge in [0.05, 0.1) is 10.9 Å². The lowest BCUT2D eigenvalue weighted by Crippen LogP contribution is -2.29. The molecule has 104 valence electrons. The van der Waals surface area contributed by atoms with Crippen LogP contribution in [0.15, 0.2) is 34.0 Å². The monoisotopic (exact) mass is 275 g/mol. The number of carbonyl (C=O) groups is 1. The molecule has 0 aliphatic rings. The number of ether oxygens (including phenoxy) is 1. The summed E-state index contributed by atoms with van der Waals surface area (Å²) in [6, 6.07) is 1.36. The number of nitrogens with zero attached hydrogens (tertiary/aromatic N) is 2. The van der Waals surface area contributed by atoms with Crippen LogP contribution in [0.2, 0.25) is 0 Å². The van der Waals surface area contributed by atoms with Crippen molar-refractivity contribution in [2.45, 2.75) is 6.92 Å². The lowest BCUT2D eigenvalue weighted by Gasteiger charge is -2.05. The van der Waals surface area contributed by atoms with Gasteiger partial charge in [0.1, 0.15) is 12.3 Å². The maximum atomic E-state index is 11.7. The van der Waals surface area contributed by atoms with Gasteiger partial charge in [0.2, 0.25) is 0 Å². The number of rotatable bonds is 3. The van der Waals surface area contributed by atoms with E-state index in [4.69, 9.17) is 4.74 Å². The van der Waals surface area contributed by atoms with Crippen LogP contribution in [-0.2, 0) is 11.8 Å². The molecule has 0 bridgehead atoms. The minimum atomic E-state index is -0.585. The summed E-state index contributed by atoms with van der Waals surface area (Å²) in [7, 11) is 1.48. The van der Waals surface area contributed by atoms with E-state index in [-0.39, 0.29) is 23.2 Å². The predicted molar refractivity (Wildman–Crippen MR) is 72.7 cm³/mol. The van der Waals surface area contributed by atoms with Crippen LogP contribution in [-0.4, -0.2) is 27.1 Å². The van der Waals surface area contributed by atoms with Crippen LogP contribution in [0, 0.1) is 0 Å². The van der Waals surface area contributed by atoms with E-state index in [2.05, 4.69) is 9.97 Å². The molecule has 0 fully saturated rings. The van der Waals surface area contributed by atoms with Crippen molar-refractivity contribution >= 4 is 17.0 Å². The first-order valence-electron chi connectivity index (χ1n) is 5.92. The second-order valence-electron chi connectivity index (χ2n) is 4.08. The molecule has 0 saturated carbocycles. The summed E-state index contributed by atoms with van der Waals surface area (Å²) >= 11 is 0. The van der Waals surface area contributed by atoms with Gasteiger partial charge in [-0.25, -0.2) is 14.6 Å². The number of carbonyl (C=O) groups excluding carboxylic acids is 1. The Bertz CT molecular complexity index is 801. The van der Waals surface area contributed by atoms with Crippen LogP contribution in [0.3, 0.4) is 0 Å². The van der Waals surface area contributed by atoms with Gasteiger partial charge >= 0.3 is 11.7 Å². The van der Waals surface area contributed by atoms with Crippen LogP contribution in [0.1, 0.15) is 17.3 Å².